The summed E-state index contributed by atoms with van der Waals surface area (Å²) in [5.41, 5.74) is 2.26. The van der Waals surface area contributed by atoms with E-state index in [9.17, 15) is 4.79 Å². The Morgan fingerprint density at radius 1 is 0.966 bits per heavy atom. The molecule has 0 radical (unpaired) electrons. The van der Waals surface area contributed by atoms with Gasteiger partial charge in [-0.05, 0) is 39.7 Å². The Labute approximate surface area is 172 Å². The fourth-order valence-electron chi connectivity index (χ4n) is 3.41. The van der Waals surface area contributed by atoms with Gasteiger partial charge in [-0.2, -0.15) is 15.1 Å². The maximum Gasteiger partial charge on any atom is 0.283 e. The van der Waals surface area contributed by atoms with Gasteiger partial charge in [-0.15, -0.1) is 0 Å². The number of rotatable bonds is 3. The molecule has 1 amide bonds. The molecule has 3 aromatic carbocycles. The molecule has 1 N–H and O–H groups in total. The van der Waals surface area contributed by atoms with E-state index in [2.05, 4.69) is 10.1 Å². The SMILES string of the molecule is N=C1C(=Cc2cccc3ccccc23)C(=O)N=C2SC(Cc3ccccc3)=NN12. The molecule has 0 aromatic heterocycles. The Balaban J connectivity index is 1.49. The Morgan fingerprint density at radius 2 is 1.72 bits per heavy atom. The van der Waals surface area contributed by atoms with Gasteiger partial charge in [-0.3, -0.25) is 10.2 Å². The van der Waals surface area contributed by atoms with Gasteiger partial charge in [0.1, 0.15) is 5.04 Å². The van der Waals surface area contributed by atoms with E-state index in [0.29, 0.717) is 11.6 Å². The molecule has 0 fully saturated rings. The summed E-state index contributed by atoms with van der Waals surface area (Å²) in [5.74, 6) is -0.346. The van der Waals surface area contributed by atoms with Crippen LogP contribution in [0, 0.1) is 5.41 Å². The number of thioether (sulfide) groups is 1. The summed E-state index contributed by atoms with van der Waals surface area (Å²) in [5, 5.41) is 17.9. The maximum absolute atomic E-state index is 12.7. The molecule has 0 bridgehead atoms. The minimum absolute atomic E-state index is 0.0588. The Bertz CT molecular complexity index is 1240. The number of aliphatic imine (C=N–C) groups is 1. The van der Waals surface area contributed by atoms with Crippen molar-refractivity contribution < 1.29 is 4.79 Å². The topological polar surface area (TPSA) is 68.9 Å². The first-order chi connectivity index (χ1) is 14.2. The van der Waals surface area contributed by atoms with Crippen LogP contribution >= 0.6 is 11.8 Å². The monoisotopic (exact) mass is 396 g/mol. The smallest absolute Gasteiger partial charge is 0.282 e. The van der Waals surface area contributed by atoms with Crippen LogP contribution in [0.2, 0.25) is 0 Å². The van der Waals surface area contributed by atoms with Crippen LogP contribution in [0.3, 0.4) is 0 Å². The largest absolute Gasteiger partial charge is 0.283 e. The van der Waals surface area contributed by atoms with Crippen LogP contribution in [0.25, 0.3) is 16.8 Å². The number of fused-ring (bicyclic) bond motifs is 2. The van der Waals surface area contributed by atoms with Crippen molar-refractivity contribution in [3.8, 4) is 0 Å². The molecular weight excluding hydrogens is 380 g/mol. The first-order valence-electron chi connectivity index (χ1n) is 9.20. The molecule has 3 aromatic rings. The summed E-state index contributed by atoms with van der Waals surface area (Å²) in [6, 6.07) is 23.9. The average Bonchev–Trinajstić information content (AvgIpc) is 3.14. The molecule has 0 spiro atoms. The summed E-state index contributed by atoms with van der Waals surface area (Å²) in [6.07, 6.45) is 2.38. The molecule has 0 aliphatic carbocycles. The second-order valence-corrected chi connectivity index (χ2v) is 7.79. The first-order valence-corrected chi connectivity index (χ1v) is 10.0. The molecule has 0 saturated heterocycles. The van der Waals surface area contributed by atoms with Gasteiger partial charge in [0.15, 0.2) is 5.84 Å². The second-order valence-electron chi connectivity index (χ2n) is 6.74. The lowest BCUT2D eigenvalue weighted by atomic mass is 10.0. The van der Waals surface area contributed by atoms with Crippen molar-refractivity contribution in [3.05, 3.63) is 89.5 Å². The Hall–Kier alpha value is -3.51. The number of hydrogen-bond acceptors (Lipinski definition) is 4. The number of benzene rings is 3. The molecule has 2 heterocycles. The van der Waals surface area contributed by atoms with Gasteiger partial charge in [-0.25, -0.2) is 0 Å². The van der Waals surface area contributed by atoms with Crippen LogP contribution in [-0.2, 0) is 11.2 Å². The second kappa shape index (κ2) is 7.14. The predicted octanol–water partition coefficient (Wildman–Crippen LogP) is 4.70. The standard InChI is InChI=1S/C23H16N4OS/c24-21-19(14-17-11-6-10-16-9-4-5-12-18(16)17)22(28)25-23-27(21)26-20(29-23)13-15-7-2-1-3-8-15/h1-12,14,24H,13H2. The highest BCUT2D eigenvalue weighted by molar-refractivity contribution is 8.26. The average molecular weight is 396 g/mol. The van der Waals surface area contributed by atoms with Crippen molar-refractivity contribution in [2.75, 3.05) is 0 Å². The van der Waals surface area contributed by atoms with Crippen LogP contribution in [0.4, 0.5) is 0 Å². The van der Waals surface area contributed by atoms with Crippen LogP contribution in [-0.4, -0.2) is 27.0 Å². The highest BCUT2D eigenvalue weighted by Crippen LogP contribution is 2.30. The van der Waals surface area contributed by atoms with E-state index in [1.807, 2.05) is 72.8 Å². The number of carbonyl (C=O) groups is 1. The summed E-state index contributed by atoms with van der Waals surface area (Å²) < 4.78 is 0. The minimum Gasteiger partial charge on any atom is -0.282 e. The quantitative estimate of drug-likeness (QED) is 0.653. The number of amidine groups is 2. The molecule has 2 aliphatic heterocycles. The van der Waals surface area contributed by atoms with Crippen molar-refractivity contribution in [2.24, 2.45) is 10.1 Å². The Kier molecular flexibility index (Phi) is 4.33. The van der Waals surface area contributed by atoms with Gasteiger partial charge in [0.05, 0.1) is 5.57 Å². The Morgan fingerprint density at radius 3 is 2.59 bits per heavy atom. The lowest BCUT2D eigenvalue weighted by molar-refractivity contribution is -0.114. The highest BCUT2D eigenvalue weighted by atomic mass is 32.2. The normalized spacial score (nSPS) is 17.5. The molecule has 140 valence electrons. The van der Waals surface area contributed by atoms with Crippen molar-refractivity contribution in [3.63, 3.8) is 0 Å². The van der Waals surface area contributed by atoms with Crippen LogP contribution in [0.1, 0.15) is 11.1 Å². The summed E-state index contributed by atoms with van der Waals surface area (Å²) in [4.78, 5) is 16.9. The summed E-state index contributed by atoms with van der Waals surface area (Å²) in [7, 11) is 0. The van der Waals surface area contributed by atoms with Gasteiger partial charge in [0.25, 0.3) is 5.91 Å². The molecule has 5 rings (SSSR count). The number of hydrazone groups is 1. The van der Waals surface area contributed by atoms with Gasteiger partial charge >= 0.3 is 0 Å². The third-order valence-corrected chi connectivity index (χ3v) is 5.73. The first kappa shape index (κ1) is 17.6. The van der Waals surface area contributed by atoms with E-state index in [4.69, 9.17) is 5.41 Å². The zero-order valence-corrected chi connectivity index (χ0v) is 16.2. The maximum atomic E-state index is 12.7. The number of nitrogens with one attached hydrogen (secondary N) is 1. The highest BCUT2D eigenvalue weighted by Gasteiger charge is 2.35. The lowest BCUT2D eigenvalue weighted by Gasteiger charge is -2.20. The molecule has 0 saturated carbocycles. The molecule has 6 heteroatoms. The third-order valence-electron chi connectivity index (χ3n) is 4.82. The van der Waals surface area contributed by atoms with Crippen molar-refractivity contribution >= 4 is 50.6 Å². The van der Waals surface area contributed by atoms with E-state index >= 15 is 0 Å². The minimum atomic E-state index is -0.405. The van der Waals surface area contributed by atoms with Crippen molar-refractivity contribution in [2.45, 2.75) is 6.42 Å². The van der Waals surface area contributed by atoms with Gasteiger partial charge in [0.2, 0.25) is 5.17 Å². The van der Waals surface area contributed by atoms with Gasteiger partial charge < -0.3 is 0 Å². The third kappa shape index (κ3) is 3.28. The molecule has 0 unspecified atom stereocenters. The fraction of sp³-hybridized carbons (Fsp3) is 0.0435. The summed E-state index contributed by atoms with van der Waals surface area (Å²) in [6.45, 7) is 0. The molecule has 5 nitrogen and oxygen atoms in total. The number of carbonyl (C=O) groups excluding carboxylic acids is 1. The van der Waals surface area contributed by atoms with Crippen molar-refractivity contribution in [1.82, 2.24) is 5.01 Å². The van der Waals surface area contributed by atoms with E-state index in [-0.39, 0.29) is 11.4 Å². The molecule has 29 heavy (non-hydrogen) atoms. The molecular formula is C23H16N4OS. The summed E-state index contributed by atoms with van der Waals surface area (Å²) >= 11 is 1.34. The zero-order valence-electron chi connectivity index (χ0n) is 15.4. The molecule has 0 atom stereocenters. The lowest BCUT2D eigenvalue weighted by Crippen LogP contribution is -2.35. The van der Waals surface area contributed by atoms with Crippen LogP contribution in [0.5, 0.6) is 0 Å². The van der Waals surface area contributed by atoms with E-state index < -0.39 is 5.91 Å². The fourth-order valence-corrected chi connectivity index (χ4v) is 4.32. The van der Waals surface area contributed by atoms with Crippen molar-refractivity contribution in [1.29, 1.82) is 5.41 Å². The van der Waals surface area contributed by atoms with E-state index in [0.717, 1.165) is 26.9 Å². The zero-order chi connectivity index (χ0) is 19.8. The van der Waals surface area contributed by atoms with Gasteiger partial charge in [-0.1, -0.05) is 72.8 Å². The predicted molar refractivity (Wildman–Crippen MR) is 119 cm³/mol. The van der Waals surface area contributed by atoms with Gasteiger partial charge in [0, 0.05) is 6.42 Å². The number of amides is 1. The number of hydrogen-bond donors (Lipinski definition) is 1. The van der Waals surface area contributed by atoms with E-state index in [1.54, 1.807) is 6.08 Å². The van der Waals surface area contributed by atoms with Crippen LogP contribution in [0.15, 0.2) is 88.5 Å². The van der Waals surface area contributed by atoms with E-state index in [1.165, 1.54) is 16.8 Å². The molecule has 2 aliphatic rings. The number of nitrogens with zero attached hydrogens (tertiary/aromatic N) is 3. The van der Waals surface area contributed by atoms with Crippen LogP contribution < -0.4 is 0 Å².